The van der Waals surface area contributed by atoms with Crippen LogP contribution in [0.1, 0.15) is 39.5 Å². The molecule has 1 aliphatic rings. The molecule has 0 aromatic carbocycles. The van der Waals surface area contributed by atoms with E-state index < -0.39 is 0 Å². The molecule has 1 rings (SSSR count). The van der Waals surface area contributed by atoms with Crippen LogP contribution in [0, 0.1) is 5.92 Å². The standard InChI is InChI=1S/C12H24N2OS/c1-9(10(2)13)11(15)14-8-12(16-3)6-4-5-7-12/h9-10H,4-8,13H2,1-3H3,(H,14,15). The molecular weight excluding hydrogens is 220 g/mol. The predicted molar refractivity (Wildman–Crippen MR) is 70.5 cm³/mol. The van der Waals surface area contributed by atoms with Crippen molar-refractivity contribution in [1.29, 1.82) is 0 Å². The summed E-state index contributed by atoms with van der Waals surface area (Å²) in [5.74, 6) is -0.00404. The fourth-order valence-corrected chi connectivity index (χ4v) is 3.03. The van der Waals surface area contributed by atoms with Gasteiger partial charge in [-0.3, -0.25) is 4.79 Å². The smallest absolute Gasteiger partial charge is 0.224 e. The van der Waals surface area contributed by atoms with Crippen molar-refractivity contribution < 1.29 is 4.79 Å². The minimum atomic E-state index is -0.0969. The SMILES string of the molecule is CSC1(CNC(=O)C(C)C(C)N)CCCC1. The second-order valence-corrected chi connectivity index (χ2v) is 6.23. The summed E-state index contributed by atoms with van der Waals surface area (Å²) >= 11 is 1.90. The second kappa shape index (κ2) is 5.92. The normalized spacial score (nSPS) is 22.8. The van der Waals surface area contributed by atoms with Crippen LogP contribution in [-0.4, -0.2) is 29.5 Å². The molecule has 0 radical (unpaired) electrons. The van der Waals surface area contributed by atoms with Crippen molar-refractivity contribution in [1.82, 2.24) is 5.32 Å². The van der Waals surface area contributed by atoms with E-state index in [2.05, 4.69) is 11.6 Å². The average Bonchev–Trinajstić information content (AvgIpc) is 2.74. The van der Waals surface area contributed by atoms with Gasteiger partial charge in [0.15, 0.2) is 0 Å². The van der Waals surface area contributed by atoms with Crippen molar-refractivity contribution in [3.63, 3.8) is 0 Å². The molecule has 0 aromatic rings. The first-order valence-corrected chi connectivity index (χ1v) is 7.32. The monoisotopic (exact) mass is 244 g/mol. The Morgan fingerprint density at radius 3 is 2.44 bits per heavy atom. The molecule has 94 valence electrons. The first kappa shape index (κ1) is 13.8. The van der Waals surface area contributed by atoms with Gasteiger partial charge in [0, 0.05) is 23.3 Å². The van der Waals surface area contributed by atoms with Crippen LogP contribution in [0.2, 0.25) is 0 Å². The number of carbonyl (C=O) groups excluding carboxylic acids is 1. The summed E-state index contributed by atoms with van der Waals surface area (Å²) in [7, 11) is 0. The zero-order chi connectivity index (χ0) is 12.2. The molecule has 16 heavy (non-hydrogen) atoms. The lowest BCUT2D eigenvalue weighted by Crippen LogP contribution is -2.44. The Morgan fingerprint density at radius 2 is 2.00 bits per heavy atom. The molecule has 0 spiro atoms. The summed E-state index contributed by atoms with van der Waals surface area (Å²) < 4.78 is 0.285. The quantitative estimate of drug-likeness (QED) is 0.775. The molecule has 4 heteroatoms. The summed E-state index contributed by atoms with van der Waals surface area (Å²) in [5.41, 5.74) is 5.72. The lowest BCUT2D eigenvalue weighted by atomic mass is 10.0. The Labute approximate surface area is 103 Å². The molecular formula is C12H24N2OS. The first-order chi connectivity index (χ1) is 7.51. The van der Waals surface area contributed by atoms with Crippen molar-refractivity contribution in [3.8, 4) is 0 Å². The van der Waals surface area contributed by atoms with Gasteiger partial charge in [0.05, 0.1) is 0 Å². The Kier molecular flexibility index (Phi) is 5.12. The van der Waals surface area contributed by atoms with Crippen molar-refractivity contribution in [2.75, 3.05) is 12.8 Å². The first-order valence-electron chi connectivity index (χ1n) is 6.09. The van der Waals surface area contributed by atoms with E-state index in [1.54, 1.807) is 0 Å². The van der Waals surface area contributed by atoms with Gasteiger partial charge < -0.3 is 11.1 Å². The number of rotatable bonds is 5. The fourth-order valence-electron chi connectivity index (χ4n) is 2.12. The molecule has 0 heterocycles. The Bertz CT molecular complexity index is 237. The van der Waals surface area contributed by atoms with Crippen LogP contribution in [0.4, 0.5) is 0 Å². The third-order valence-corrected chi connectivity index (χ3v) is 5.15. The summed E-state index contributed by atoms with van der Waals surface area (Å²) in [4.78, 5) is 11.8. The summed E-state index contributed by atoms with van der Waals surface area (Å²) in [6.45, 7) is 4.56. The van der Waals surface area contributed by atoms with Crippen molar-refractivity contribution in [3.05, 3.63) is 0 Å². The molecule has 0 aliphatic heterocycles. The zero-order valence-electron chi connectivity index (χ0n) is 10.6. The van der Waals surface area contributed by atoms with Crippen LogP contribution < -0.4 is 11.1 Å². The van der Waals surface area contributed by atoms with E-state index in [0.717, 1.165) is 6.54 Å². The van der Waals surface area contributed by atoms with Crippen LogP contribution in [0.15, 0.2) is 0 Å². The molecule has 1 fully saturated rings. The number of hydrogen-bond acceptors (Lipinski definition) is 3. The highest BCUT2D eigenvalue weighted by molar-refractivity contribution is 8.00. The van der Waals surface area contributed by atoms with Crippen LogP contribution in [0.5, 0.6) is 0 Å². The maximum Gasteiger partial charge on any atom is 0.224 e. The van der Waals surface area contributed by atoms with E-state index in [1.807, 2.05) is 25.6 Å². The van der Waals surface area contributed by atoms with Crippen molar-refractivity contribution in [2.24, 2.45) is 11.7 Å². The van der Waals surface area contributed by atoms with Crippen LogP contribution in [0.3, 0.4) is 0 Å². The maximum atomic E-state index is 11.8. The molecule has 2 unspecified atom stereocenters. The largest absolute Gasteiger partial charge is 0.354 e. The molecule has 0 saturated heterocycles. The van der Waals surface area contributed by atoms with Crippen LogP contribution in [-0.2, 0) is 4.79 Å². The highest BCUT2D eigenvalue weighted by Crippen LogP contribution is 2.39. The highest BCUT2D eigenvalue weighted by atomic mass is 32.2. The van der Waals surface area contributed by atoms with E-state index in [0.29, 0.717) is 0 Å². The molecule has 3 nitrogen and oxygen atoms in total. The van der Waals surface area contributed by atoms with Gasteiger partial charge in [0.25, 0.3) is 0 Å². The fraction of sp³-hybridized carbons (Fsp3) is 0.917. The third kappa shape index (κ3) is 3.39. The Morgan fingerprint density at radius 1 is 1.44 bits per heavy atom. The van der Waals surface area contributed by atoms with Gasteiger partial charge in [-0.2, -0.15) is 11.8 Å². The average molecular weight is 244 g/mol. The van der Waals surface area contributed by atoms with E-state index in [1.165, 1.54) is 25.7 Å². The van der Waals surface area contributed by atoms with Gasteiger partial charge >= 0.3 is 0 Å². The topological polar surface area (TPSA) is 55.1 Å². The number of nitrogens with one attached hydrogen (secondary N) is 1. The number of thioether (sulfide) groups is 1. The van der Waals surface area contributed by atoms with Gasteiger partial charge in [-0.15, -0.1) is 0 Å². The molecule has 0 bridgehead atoms. The lowest BCUT2D eigenvalue weighted by molar-refractivity contribution is -0.125. The molecule has 1 saturated carbocycles. The van der Waals surface area contributed by atoms with Crippen molar-refractivity contribution in [2.45, 2.75) is 50.3 Å². The van der Waals surface area contributed by atoms with Crippen LogP contribution in [0.25, 0.3) is 0 Å². The summed E-state index contributed by atoms with van der Waals surface area (Å²) in [6.07, 6.45) is 7.17. The lowest BCUT2D eigenvalue weighted by Gasteiger charge is -2.28. The van der Waals surface area contributed by atoms with E-state index in [4.69, 9.17) is 5.73 Å². The third-order valence-electron chi connectivity index (χ3n) is 3.73. The van der Waals surface area contributed by atoms with Gasteiger partial charge in [-0.1, -0.05) is 19.8 Å². The van der Waals surface area contributed by atoms with E-state index >= 15 is 0 Å². The maximum absolute atomic E-state index is 11.8. The Balaban J connectivity index is 2.41. The van der Waals surface area contributed by atoms with Crippen LogP contribution >= 0.6 is 11.8 Å². The number of amides is 1. The number of hydrogen-bond donors (Lipinski definition) is 2. The van der Waals surface area contributed by atoms with Gasteiger partial charge in [0.1, 0.15) is 0 Å². The number of nitrogens with two attached hydrogens (primary N) is 1. The summed E-state index contributed by atoms with van der Waals surface area (Å²) in [5, 5.41) is 3.06. The summed E-state index contributed by atoms with van der Waals surface area (Å²) in [6, 6.07) is -0.0752. The van der Waals surface area contributed by atoms with Gasteiger partial charge in [-0.25, -0.2) is 0 Å². The minimum absolute atomic E-state index is 0.0752. The van der Waals surface area contributed by atoms with Gasteiger partial charge in [0.2, 0.25) is 5.91 Å². The number of carbonyl (C=O) groups is 1. The Hall–Kier alpha value is -0.220. The highest BCUT2D eigenvalue weighted by Gasteiger charge is 2.33. The zero-order valence-corrected chi connectivity index (χ0v) is 11.4. The van der Waals surface area contributed by atoms with E-state index in [-0.39, 0.29) is 22.6 Å². The predicted octanol–water partition coefficient (Wildman–Crippen LogP) is 1.76. The molecule has 1 aliphatic carbocycles. The van der Waals surface area contributed by atoms with E-state index in [9.17, 15) is 4.79 Å². The molecule has 2 atom stereocenters. The van der Waals surface area contributed by atoms with Crippen molar-refractivity contribution >= 4 is 17.7 Å². The molecule has 0 aromatic heterocycles. The van der Waals surface area contributed by atoms with Gasteiger partial charge in [-0.05, 0) is 26.0 Å². The second-order valence-electron chi connectivity index (χ2n) is 4.96. The molecule has 1 amide bonds. The minimum Gasteiger partial charge on any atom is -0.354 e. The molecule has 3 N–H and O–H groups in total.